The zero-order chi connectivity index (χ0) is 10.8. The highest BCUT2D eigenvalue weighted by atomic mass is 15.3. The summed E-state index contributed by atoms with van der Waals surface area (Å²) in [4.78, 5) is 0. The van der Waals surface area contributed by atoms with Crippen LogP contribution >= 0.6 is 0 Å². The van der Waals surface area contributed by atoms with Gasteiger partial charge in [-0.15, -0.1) is 5.10 Å². The molecule has 0 aromatic carbocycles. The highest BCUT2D eigenvalue weighted by molar-refractivity contribution is 5.39. The number of nitrogens with one attached hydrogen (secondary N) is 1. The average molecular weight is 206 g/mol. The van der Waals surface area contributed by atoms with Gasteiger partial charge in [0.2, 0.25) is 0 Å². The van der Waals surface area contributed by atoms with Crippen molar-refractivity contribution in [3.63, 3.8) is 0 Å². The van der Waals surface area contributed by atoms with Crippen molar-refractivity contribution in [1.29, 1.82) is 0 Å². The molecule has 0 amide bonds. The quantitative estimate of drug-likeness (QED) is 0.572. The third-order valence-corrected chi connectivity index (χ3v) is 3.17. The number of aromatic nitrogens is 2. The summed E-state index contributed by atoms with van der Waals surface area (Å²) in [5.41, 5.74) is 5.03. The molecule has 0 radical (unpaired) electrons. The van der Waals surface area contributed by atoms with Crippen LogP contribution in [-0.4, -0.2) is 10.2 Å². The second-order valence-electron chi connectivity index (χ2n) is 4.53. The van der Waals surface area contributed by atoms with E-state index in [1.165, 1.54) is 24.1 Å². The second-order valence-corrected chi connectivity index (χ2v) is 4.53. The first kappa shape index (κ1) is 10.4. The lowest BCUT2D eigenvalue weighted by Gasteiger charge is -2.26. The van der Waals surface area contributed by atoms with Crippen molar-refractivity contribution >= 4 is 5.82 Å². The maximum Gasteiger partial charge on any atom is 0.162 e. The molecule has 0 saturated carbocycles. The summed E-state index contributed by atoms with van der Waals surface area (Å²) in [6, 6.07) is 2.02. The minimum atomic E-state index is 0.563. The summed E-state index contributed by atoms with van der Waals surface area (Å²) in [5.74, 6) is 7.19. The highest BCUT2D eigenvalue weighted by Gasteiger charge is 2.24. The SMILES string of the molecule is CC(C)C1CCCc2cc(NN)nnc21. The van der Waals surface area contributed by atoms with Crippen molar-refractivity contribution in [3.8, 4) is 0 Å². The number of anilines is 1. The van der Waals surface area contributed by atoms with Crippen LogP contribution in [0.5, 0.6) is 0 Å². The maximum absolute atomic E-state index is 5.32. The molecular weight excluding hydrogens is 188 g/mol. The lowest BCUT2D eigenvalue weighted by Crippen LogP contribution is -2.19. The number of hydrazine groups is 1. The number of rotatable bonds is 2. The number of nitrogens with zero attached hydrogens (tertiary/aromatic N) is 2. The van der Waals surface area contributed by atoms with E-state index in [9.17, 15) is 0 Å². The Kier molecular flexibility index (Phi) is 2.86. The predicted molar refractivity (Wildman–Crippen MR) is 60.4 cm³/mol. The summed E-state index contributed by atoms with van der Waals surface area (Å²) in [6.45, 7) is 4.49. The summed E-state index contributed by atoms with van der Waals surface area (Å²) >= 11 is 0. The molecule has 4 nitrogen and oxygen atoms in total. The number of aryl methyl sites for hydroxylation is 1. The summed E-state index contributed by atoms with van der Waals surface area (Å²) in [6.07, 6.45) is 3.57. The molecule has 0 bridgehead atoms. The molecule has 2 rings (SSSR count). The van der Waals surface area contributed by atoms with Gasteiger partial charge < -0.3 is 5.43 Å². The molecule has 82 valence electrons. The van der Waals surface area contributed by atoms with E-state index in [1.807, 2.05) is 6.07 Å². The number of hydrogen-bond donors (Lipinski definition) is 2. The molecule has 3 N–H and O–H groups in total. The van der Waals surface area contributed by atoms with Crippen LogP contribution in [0, 0.1) is 5.92 Å². The lowest BCUT2D eigenvalue weighted by atomic mass is 9.80. The van der Waals surface area contributed by atoms with E-state index in [4.69, 9.17) is 5.84 Å². The van der Waals surface area contributed by atoms with Gasteiger partial charge in [0.1, 0.15) is 0 Å². The Morgan fingerprint density at radius 2 is 2.27 bits per heavy atom. The van der Waals surface area contributed by atoms with Crippen LogP contribution in [0.25, 0.3) is 0 Å². The molecule has 1 aromatic rings. The minimum absolute atomic E-state index is 0.563. The van der Waals surface area contributed by atoms with E-state index in [1.54, 1.807) is 0 Å². The van der Waals surface area contributed by atoms with E-state index in [0.717, 1.165) is 6.42 Å². The predicted octanol–water partition coefficient (Wildman–Crippen LogP) is 1.84. The average Bonchev–Trinajstić information content (AvgIpc) is 2.27. The number of nitrogen functional groups attached to an aromatic ring is 1. The fraction of sp³-hybridized carbons (Fsp3) is 0.636. The van der Waals surface area contributed by atoms with Crippen LogP contribution in [0.2, 0.25) is 0 Å². The fourth-order valence-electron chi connectivity index (χ4n) is 2.32. The van der Waals surface area contributed by atoms with Gasteiger partial charge in [-0.2, -0.15) is 5.10 Å². The van der Waals surface area contributed by atoms with Crippen molar-refractivity contribution in [2.24, 2.45) is 11.8 Å². The van der Waals surface area contributed by atoms with Crippen LogP contribution in [0.15, 0.2) is 6.07 Å². The molecule has 1 heterocycles. The number of nitrogens with two attached hydrogens (primary N) is 1. The van der Waals surface area contributed by atoms with E-state index in [0.29, 0.717) is 17.7 Å². The number of hydrogen-bond acceptors (Lipinski definition) is 4. The molecule has 1 atom stereocenters. The summed E-state index contributed by atoms with van der Waals surface area (Å²) in [5, 5.41) is 8.36. The minimum Gasteiger partial charge on any atom is -0.307 e. The zero-order valence-electron chi connectivity index (χ0n) is 9.33. The van der Waals surface area contributed by atoms with Crippen molar-refractivity contribution < 1.29 is 0 Å². The standard InChI is InChI=1S/C11H18N4/c1-7(2)9-5-3-4-8-6-10(13-12)14-15-11(8)9/h6-7,9H,3-5,12H2,1-2H3,(H,13,14). The largest absolute Gasteiger partial charge is 0.307 e. The zero-order valence-corrected chi connectivity index (χ0v) is 9.33. The maximum atomic E-state index is 5.32. The van der Waals surface area contributed by atoms with Gasteiger partial charge in [-0.1, -0.05) is 13.8 Å². The van der Waals surface area contributed by atoms with E-state index in [-0.39, 0.29) is 0 Å². The van der Waals surface area contributed by atoms with Crippen molar-refractivity contribution in [1.82, 2.24) is 10.2 Å². The van der Waals surface area contributed by atoms with Gasteiger partial charge >= 0.3 is 0 Å². The first-order chi connectivity index (χ1) is 7.22. The molecule has 4 heteroatoms. The molecule has 0 saturated heterocycles. The van der Waals surface area contributed by atoms with E-state index >= 15 is 0 Å². The van der Waals surface area contributed by atoms with Gasteiger partial charge in [0.15, 0.2) is 5.82 Å². The molecule has 0 fully saturated rings. The molecule has 1 aromatic heterocycles. The highest BCUT2D eigenvalue weighted by Crippen LogP contribution is 2.35. The van der Waals surface area contributed by atoms with Crippen LogP contribution in [0.3, 0.4) is 0 Å². The van der Waals surface area contributed by atoms with Crippen molar-refractivity contribution in [2.45, 2.75) is 39.0 Å². The molecule has 1 aliphatic rings. The molecular formula is C11H18N4. The van der Waals surface area contributed by atoms with Crippen LogP contribution in [0.4, 0.5) is 5.82 Å². The summed E-state index contributed by atoms with van der Waals surface area (Å²) < 4.78 is 0. The summed E-state index contributed by atoms with van der Waals surface area (Å²) in [7, 11) is 0. The van der Waals surface area contributed by atoms with Gasteiger partial charge in [0, 0.05) is 5.92 Å². The van der Waals surface area contributed by atoms with Crippen molar-refractivity contribution in [2.75, 3.05) is 5.43 Å². The Morgan fingerprint density at radius 1 is 1.47 bits per heavy atom. The van der Waals surface area contributed by atoms with E-state index < -0.39 is 0 Å². The van der Waals surface area contributed by atoms with Gasteiger partial charge in [-0.25, -0.2) is 5.84 Å². The normalized spacial score (nSPS) is 20.1. The van der Waals surface area contributed by atoms with E-state index in [2.05, 4.69) is 29.5 Å². The third kappa shape index (κ3) is 1.95. The third-order valence-electron chi connectivity index (χ3n) is 3.17. The molecule has 0 spiro atoms. The Balaban J connectivity index is 2.36. The Hall–Kier alpha value is -1.16. The Bertz CT molecular complexity index is 348. The van der Waals surface area contributed by atoms with Crippen LogP contribution in [-0.2, 0) is 6.42 Å². The number of fused-ring (bicyclic) bond motifs is 1. The monoisotopic (exact) mass is 206 g/mol. The van der Waals surface area contributed by atoms with Gasteiger partial charge in [0.25, 0.3) is 0 Å². The molecule has 1 unspecified atom stereocenters. The first-order valence-electron chi connectivity index (χ1n) is 5.55. The smallest absolute Gasteiger partial charge is 0.162 e. The fourth-order valence-corrected chi connectivity index (χ4v) is 2.32. The molecule has 15 heavy (non-hydrogen) atoms. The second kappa shape index (κ2) is 4.14. The molecule has 0 aliphatic heterocycles. The lowest BCUT2D eigenvalue weighted by molar-refractivity contribution is 0.419. The van der Waals surface area contributed by atoms with Gasteiger partial charge in [0.05, 0.1) is 5.69 Å². The molecule has 1 aliphatic carbocycles. The first-order valence-corrected chi connectivity index (χ1v) is 5.55. The van der Waals surface area contributed by atoms with Crippen LogP contribution < -0.4 is 11.3 Å². The van der Waals surface area contributed by atoms with Gasteiger partial charge in [-0.05, 0) is 36.8 Å². The topological polar surface area (TPSA) is 63.8 Å². The van der Waals surface area contributed by atoms with Crippen molar-refractivity contribution in [3.05, 3.63) is 17.3 Å². The van der Waals surface area contributed by atoms with Gasteiger partial charge in [-0.3, -0.25) is 0 Å². The Labute approximate surface area is 90.2 Å². The Morgan fingerprint density at radius 3 is 2.93 bits per heavy atom. The van der Waals surface area contributed by atoms with Crippen LogP contribution in [0.1, 0.15) is 43.9 Å².